The molecule has 0 spiro atoms. The lowest BCUT2D eigenvalue weighted by atomic mass is 9.86. The van der Waals surface area contributed by atoms with Crippen LogP contribution >= 0.6 is 11.8 Å². The third-order valence-corrected chi connectivity index (χ3v) is 4.05. The minimum absolute atomic E-state index is 0.149. The summed E-state index contributed by atoms with van der Waals surface area (Å²) in [4.78, 5) is 0. The second-order valence-corrected chi connectivity index (χ2v) is 5.53. The molecular formula is C9H15NOS. The molecule has 0 aliphatic carbocycles. The van der Waals surface area contributed by atoms with E-state index in [1.165, 1.54) is 0 Å². The first-order valence-electron chi connectivity index (χ1n) is 4.27. The molecule has 0 saturated carbocycles. The van der Waals surface area contributed by atoms with Gasteiger partial charge in [0.2, 0.25) is 0 Å². The van der Waals surface area contributed by atoms with E-state index in [2.05, 4.69) is 13.8 Å². The van der Waals surface area contributed by atoms with Crippen molar-refractivity contribution in [1.82, 2.24) is 0 Å². The SMILES string of the molecule is CC1(C)SCCC1C(O)CC#N. The molecule has 0 amide bonds. The minimum atomic E-state index is -0.431. The molecule has 12 heavy (non-hydrogen) atoms. The Morgan fingerprint density at radius 2 is 2.42 bits per heavy atom. The van der Waals surface area contributed by atoms with Crippen LogP contribution in [0.5, 0.6) is 0 Å². The standard InChI is InChI=1S/C9H15NOS/c1-9(2)7(4-6-12-9)8(11)3-5-10/h7-8,11H,3-4,6H2,1-2H3. The topological polar surface area (TPSA) is 44.0 Å². The molecule has 1 rings (SSSR count). The Morgan fingerprint density at radius 3 is 2.83 bits per heavy atom. The summed E-state index contributed by atoms with van der Waals surface area (Å²) < 4.78 is 0.149. The molecule has 1 fully saturated rings. The Hall–Kier alpha value is -0.200. The molecule has 1 N–H and O–H groups in total. The Labute approximate surface area is 78.0 Å². The predicted octanol–water partition coefficient (Wildman–Crippen LogP) is 1.79. The fourth-order valence-electron chi connectivity index (χ4n) is 1.80. The molecule has 0 radical (unpaired) electrons. The normalized spacial score (nSPS) is 29.7. The molecule has 1 aliphatic heterocycles. The van der Waals surface area contributed by atoms with Crippen molar-refractivity contribution in [3.63, 3.8) is 0 Å². The third-order valence-electron chi connectivity index (χ3n) is 2.56. The van der Waals surface area contributed by atoms with Crippen LogP contribution < -0.4 is 0 Å². The zero-order valence-corrected chi connectivity index (χ0v) is 8.40. The van der Waals surface area contributed by atoms with Gasteiger partial charge >= 0.3 is 0 Å². The van der Waals surface area contributed by atoms with E-state index < -0.39 is 6.10 Å². The quantitative estimate of drug-likeness (QED) is 0.713. The predicted molar refractivity (Wildman–Crippen MR) is 50.9 cm³/mol. The average molecular weight is 185 g/mol. The highest BCUT2D eigenvalue weighted by molar-refractivity contribution is 8.00. The Morgan fingerprint density at radius 1 is 1.75 bits per heavy atom. The zero-order chi connectivity index (χ0) is 9.19. The van der Waals surface area contributed by atoms with Crippen LogP contribution in [0.4, 0.5) is 0 Å². The monoisotopic (exact) mass is 185 g/mol. The lowest BCUT2D eigenvalue weighted by molar-refractivity contribution is 0.0979. The van der Waals surface area contributed by atoms with E-state index in [-0.39, 0.29) is 11.2 Å². The summed E-state index contributed by atoms with van der Waals surface area (Å²) in [5.74, 6) is 1.40. The molecule has 3 heteroatoms. The van der Waals surface area contributed by atoms with Crippen molar-refractivity contribution < 1.29 is 5.11 Å². The maximum absolute atomic E-state index is 9.65. The third kappa shape index (κ3) is 1.94. The van der Waals surface area contributed by atoms with E-state index in [0.29, 0.717) is 5.92 Å². The first kappa shape index (κ1) is 9.88. The largest absolute Gasteiger partial charge is 0.392 e. The van der Waals surface area contributed by atoms with Gasteiger partial charge in [0.1, 0.15) is 0 Å². The van der Waals surface area contributed by atoms with Crippen LogP contribution in [0, 0.1) is 17.2 Å². The van der Waals surface area contributed by atoms with Crippen molar-refractivity contribution in [2.75, 3.05) is 5.75 Å². The van der Waals surface area contributed by atoms with Crippen molar-refractivity contribution >= 4 is 11.8 Å². The van der Waals surface area contributed by atoms with E-state index in [9.17, 15) is 5.11 Å². The molecule has 0 aromatic heterocycles. The van der Waals surface area contributed by atoms with Crippen LogP contribution in [0.3, 0.4) is 0 Å². The van der Waals surface area contributed by atoms with Gasteiger partial charge in [0.15, 0.2) is 0 Å². The van der Waals surface area contributed by atoms with Gasteiger partial charge in [-0.1, -0.05) is 13.8 Å². The fourth-order valence-corrected chi connectivity index (χ4v) is 3.18. The molecule has 2 atom stereocenters. The molecule has 1 saturated heterocycles. The van der Waals surface area contributed by atoms with Gasteiger partial charge in [0, 0.05) is 10.7 Å². The number of nitriles is 1. The summed E-state index contributed by atoms with van der Waals surface area (Å²) >= 11 is 1.89. The van der Waals surface area contributed by atoms with E-state index >= 15 is 0 Å². The van der Waals surface area contributed by atoms with Crippen LogP contribution in [0.15, 0.2) is 0 Å². The first-order chi connectivity index (χ1) is 5.58. The van der Waals surface area contributed by atoms with Gasteiger partial charge in [0.05, 0.1) is 18.6 Å². The summed E-state index contributed by atoms with van der Waals surface area (Å²) in [7, 11) is 0. The summed E-state index contributed by atoms with van der Waals surface area (Å²) in [6, 6.07) is 2.02. The van der Waals surface area contributed by atoms with Crippen LogP contribution in [0.25, 0.3) is 0 Å². The summed E-state index contributed by atoms with van der Waals surface area (Å²) in [5, 5.41) is 18.1. The van der Waals surface area contributed by atoms with E-state index in [0.717, 1.165) is 12.2 Å². The second kappa shape index (κ2) is 3.68. The van der Waals surface area contributed by atoms with Gasteiger partial charge in [-0.3, -0.25) is 0 Å². The molecule has 68 valence electrons. The average Bonchev–Trinajstić information content (AvgIpc) is 2.30. The Balaban J connectivity index is 2.57. The van der Waals surface area contributed by atoms with Crippen LogP contribution in [-0.4, -0.2) is 21.7 Å². The first-order valence-corrected chi connectivity index (χ1v) is 5.25. The van der Waals surface area contributed by atoms with E-state index in [1.54, 1.807) is 0 Å². The molecule has 1 heterocycles. The smallest absolute Gasteiger partial charge is 0.0711 e. The molecule has 2 nitrogen and oxygen atoms in total. The summed E-state index contributed by atoms with van der Waals surface area (Å²) in [5.41, 5.74) is 0. The number of thioether (sulfide) groups is 1. The molecule has 1 aliphatic rings. The van der Waals surface area contributed by atoms with E-state index in [1.807, 2.05) is 17.8 Å². The number of nitrogens with zero attached hydrogens (tertiary/aromatic N) is 1. The van der Waals surface area contributed by atoms with Gasteiger partial charge in [-0.15, -0.1) is 0 Å². The zero-order valence-electron chi connectivity index (χ0n) is 7.58. The molecule has 0 bridgehead atoms. The number of hydrogen-bond acceptors (Lipinski definition) is 3. The summed E-state index contributed by atoms with van der Waals surface area (Å²) in [6.45, 7) is 4.30. The maximum atomic E-state index is 9.65. The fraction of sp³-hybridized carbons (Fsp3) is 0.889. The molecule has 2 unspecified atom stereocenters. The minimum Gasteiger partial charge on any atom is -0.392 e. The number of aliphatic hydroxyl groups excluding tert-OH is 1. The highest BCUT2D eigenvalue weighted by Crippen LogP contribution is 2.44. The Kier molecular flexibility index (Phi) is 3.03. The van der Waals surface area contributed by atoms with E-state index in [4.69, 9.17) is 5.26 Å². The number of rotatable bonds is 2. The highest BCUT2D eigenvalue weighted by atomic mass is 32.2. The second-order valence-electron chi connectivity index (χ2n) is 3.78. The van der Waals surface area contributed by atoms with Gasteiger partial charge in [-0.05, 0) is 12.2 Å². The lowest BCUT2D eigenvalue weighted by Crippen LogP contribution is -2.32. The van der Waals surface area contributed by atoms with Gasteiger partial charge < -0.3 is 5.11 Å². The highest BCUT2D eigenvalue weighted by Gasteiger charge is 2.39. The maximum Gasteiger partial charge on any atom is 0.0711 e. The van der Waals surface area contributed by atoms with Crippen molar-refractivity contribution in [3.05, 3.63) is 0 Å². The number of hydrogen-bond donors (Lipinski definition) is 1. The van der Waals surface area contributed by atoms with Crippen LogP contribution in [0.1, 0.15) is 26.7 Å². The molecule has 0 aromatic carbocycles. The van der Waals surface area contributed by atoms with Gasteiger partial charge in [-0.25, -0.2) is 0 Å². The Bertz CT molecular complexity index is 197. The van der Waals surface area contributed by atoms with Crippen molar-refractivity contribution in [3.8, 4) is 6.07 Å². The van der Waals surface area contributed by atoms with Gasteiger partial charge in [-0.2, -0.15) is 17.0 Å². The van der Waals surface area contributed by atoms with Crippen LogP contribution in [-0.2, 0) is 0 Å². The van der Waals surface area contributed by atoms with Crippen molar-refractivity contribution in [1.29, 1.82) is 5.26 Å². The molecular weight excluding hydrogens is 170 g/mol. The van der Waals surface area contributed by atoms with Crippen LogP contribution in [0.2, 0.25) is 0 Å². The lowest BCUT2D eigenvalue weighted by Gasteiger charge is -2.28. The number of aliphatic hydroxyl groups is 1. The van der Waals surface area contributed by atoms with Gasteiger partial charge in [0.25, 0.3) is 0 Å². The van der Waals surface area contributed by atoms with Crippen molar-refractivity contribution in [2.45, 2.75) is 37.5 Å². The molecule has 0 aromatic rings. The summed E-state index contributed by atoms with van der Waals surface area (Å²) in [6.07, 6.45) is 0.884. The van der Waals surface area contributed by atoms with Crippen molar-refractivity contribution in [2.24, 2.45) is 5.92 Å².